The fourth-order valence-corrected chi connectivity index (χ4v) is 7.51. The minimum Gasteiger partial charge on any atom is -0.487 e. The second kappa shape index (κ2) is 18.8. The molecule has 0 aliphatic carbocycles. The van der Waals surface area contributed by atoms with Gasteiger partial charge in [-0.25, -0.2) is 9.78 Å². The van der Waals surface area contributed by atoms with Gasteiger partial charge in [0.05, 0.1) is 23.8 Å². The summed E-state index contributed by atoms with van der Waals surface area (Å²) in [5, 5.41) is 11.9. The minimum atomic E-state index is -2.44. The Kier molecular flexibility index (Phi) is 14.4. The summed E-state index contributed by atoms with van der Waals surface area (Å²) in [7, 11) is -4.77. The molecule has 0 amide bonds. The molecule has 0 bridgehead atoms. The van der Waals surface area contributed by atoms with Gasteiger partial charge in [-0.05, 0) is 64.6 Å². The Morgan fingerprint density at radius 1 is 0.644 bits per heavy atom. The highest BCUT2D eigenvalue weighted by molar-refractivity contribution is 6.74. The highest BCUT2D eigenvalue weighted by Crippen LogP contribution is 2.44. The van der Waals surface area contributed by atoms with Gasteiger partial charge in [-0.2, -0.15) is 0 Å². The quantitative estimate of drug-likeness (QED) is 0.0390. The minimum absolute atomic E-state index is 0.00401. The summed E-state index contributed by atoms with van der Waals surface area (Å²) in [6, 6.07) is 33.4. The van der Waals surface area contributed by atoms with Gasteiger partial charge in [-0.3, -0.25) is 10.1 Å². The molecular formula is C47H58N2O8Si2. The van der Waals surface area contributed by atoms with E-state index in [4.69, 9.17) is 28.0 Å². The van der Waals surface area contributed by atoms with Gasteiger partial charge < -0.3 is 23.1 Å². The van der Waals surface area contributed by atoms with Crippen LogP contribution in [-0.4, -0.2) is 32.5 Å². The molecule has 0 aliphatic heterocycles. The number of nitrogens with zero attached hydrogens (tertiary/aromatic N) is 2. The summed E-state index contributed by atoms with van der Waals surface area (Å²) in [6.45, 7) is 21.8. The highest BCUT2D eigenvalue weighted by atomic mass is 28.4. The van der Waals surface area contributed by atoms with Crippen molar-refractivity contribution < 1.29 is 32.8 Å². The van der Waals surface area contributed by atoms with Crippen molar-refractivity contribution in [3.05, 3.63) is 153 Å². The number of benzene rings is 4. The second-order valence-corrected chi connectivity index (χ2v) is 27.4. The van der Waals surface area contributed by atoms with Crippen LogP contribution in [0.2, 0.25) is 36.3 Å². The maximum Gasteiger partial charge on any atom is 0.347 e. The lowest BCUT2D eigenvalue weighted by Crippen LogP contribution is -2.40. The van der Waals surface area contributed by atoms with Crippen LogP contribution in [0, 0.1) is 10.1 Å². The molecule has 5 rings (SSSR count). The van der Waals surface area contributed by atoms with Gasteiger partial charge in [0, 0.05) is 23.3 Å². The number of ether oxygens (including phenoxy) is 3. The average molecular weight is 835 g/mol. The number of esters is 1. The van der Waals surface area contributed by atoms with Crippen LogP contribution < -0.4 is 9.47 Å². The van der Waals surface area contributed by atoms with E-state index in [1.165, 1.54) is 6.07 Å². The van der Waals surface area contributed by atoms with E-state index in [2.05, 4.69) is 67.7 Å². The maximum atomic E-state index is 14.6. The SMILES string of the molecule is CC(C)(C)[Si](C)(C)OCc1cc([N+](=O)[O-])ccc1-c1nc(OCc2ccccc2)c(C(=O)OCc2ccccc2)c(OCc2ccccc2)c1CO[Si](C)(C)C(C)(C)C. The molecule has 1 aromatic heterocycles. The molecule has 4 aromatic carbocycles. The standard InChI is InChI=1S/C47H58N2O8Si2/c1-46(2,3)58(7,8)56-32-37-28-38(49(51)52)26-27-39(37)42-40(33-57-59(9,10)47(4,5)6)43(53-29-34-20-14-11-15-21-34)41(45(50)55-31-36-24-18-13-19-25-36)44(48-42)54-30-35-22-16-12-17-23-35/h11-28H,29-33H2,1-10H3. The van der Waals surface area contributed by atoms with E-state index < -0.39 is 27.5 Å². The van der Waals surface area contributed by atoms with Crippen molar-refractivity contribution in [1.82, 2.24) is 4.98 Å². The molecule has 0 saturated heterocycles. The summed E-state index contributed by atoms with van der Waals surface area (Å²) in [5.41, 5.74) is 4.50. The molecule has 1 heterocycles. The second-order valence-electron chi connectivity index (χ2n) is 17.8. The molecule has 0 unspecified atom stereocenters. The van der Waals surface area contributed by atoms with Crippen LogP contribution in [0.1, 0.15) is 79.7 Å². The molecule has 0 atom stereocenters. The molecule has 0 fully saturated rings. The van der Waals surface area contributed by atoms with E-state index in [1.807, 2.05) is 91.0 Å². The van der Waals surface area contributed by atoms with Gasteiger partial charge in [0.25, 0.3) is 5.69 Å². The molecule has 0 aliphatic rings. The molecule has 59 heavy (non-hydrogen) atoms. The predicted molar refractivity (Wildman–Crippen MR) is 237 cm³/mol. The number of nitro benzene ring substituents is 1. The van der Waals surface area contributed by atoms with Gasteiger partial charge in [0.1, 0.15) is 25.6 Å². The van der Waals surface area contributed by atoms with Crippen molar-refractivity contribution in [3.63, 3.8) is 0 Å². The molecule has 12 heteroatoms. The monoisotopic (exact) mass is 834 g/mol. The first kappa shape index (κ1) is 44.9. The zero-order valence-electron chi connectivity index (χ0n) is 36.1. The van der Waals surface area contributed by atoms with Crippen LogP contribution in [0.25, 0.3) is 11.3 Å². The number of nitro groups is 1. The van der Waals surface area contributed by atoms with Crippen molar-refractivity contribution in [3.8, 4) is 22.9 Å². The normalized spacial score (nSPS) is 12.2. The predicted octanol–water partition coefficient (Wildman–Crippen LogP) is 12.2. The van der Waals surface area contributed by atoms with Crippen molar-refractivity contribution in [2.24, 2.45) is 0 Å². The van der Waals surface area contributed by atoms with Crippen LogP contribution in [0.4, 0.5) is 5.69 Å². The summed E-state index contributed by atoms with van der Waals surface area (Å²) in [4.78, 5) is 31.6. The fourth-order valence-electron chi connectivity index (χ4n) is 5.62. The Labute approximate surface area is 351 Å². The Bertz CT molecular complexity index is 2200. The summed E-state index contributed by atoms with van der Waals surface area (Å²) in [6.07, 6.45) is 0. The Morgan fingerprint density at radius 2 is 1.12 bits per heavy atom. The number of hydrogen-bond donors (Lipinski definition) is 0. The number of pyridine rings is 1. The third-order valence-corrected chi connectivity index (χ3v) is 20.4. The van der Waals surface area contributed by atoms with E-state index in [0.717, 1.165) is 16.7 Å². The van der Waals surface area contributed by atoms with Crippen molar-refractivity contribution >= 4 is 28.3 Å². The van der Waals surface area contributed by atoms with Crippen LogP contribution in [0.3, 0.4) is 0 Å². The molecule has 0 N–H and O–H groups in total. The number of aromatic nitrogens is 1. The zero-order chi connectivity index (χ0) is 43.0. The van der Waals surface area contributed by atoms with Gasteiger partial charge in [-0.15, -0.1) is 0 Å². The third-order valence-electron chi connectivity index (χ3n) is 11.4. The number of carbonyl (C=O) groups is 1. The molecular weight excluding hydrogens is 777 g/mol. The Hall–Kier alpha value is -5.15. The molecule has 0 saturated carbocycles. The number of non-ortho nitro benzene ring substituents is 1. The lowest BCUT2D eigenvalue weighted by atomic mass is 9.98. The number of rotatable bonds is 17. The van der Waals surface area contributed by atoms with Crippen LogP contribution >= 0.6 is 0 Å². The summed E-state index contributed by atoms with van der Waals surface area (Å²) < 4.78 is 32.9. The lowest BCUT2D eigenvalue weighted by molar-refractivity contribution is -0.384. The van der Waals surface area contributed by atoms with Crippen LogP contribution in [0.5, 0.6) is 11.6 Å². The fraction of sp³-hybridized carbons (Fsp3) is 0.362. The van der Waals surface area contributed by atoms with Gasteiger partial charge in [0.15, 0.2) is 22.2 Å². The maximum absolute atomic E-state index is 14.6. The van der Waals surface area contributed by atoms with Crippen LogP contribution in [-0.2, 0) is 46.6 Å². The first-order valence-electron chi connectivity index (χ1n) is 19.9. The molecule has 5 aromatic rings. The van der Waals surface area contributed by atoms with Gasteiger partial charge >= 0.3 is 5.97 Å². The van der Waals surface area contributed by atoms with E-state index in [9.17, 15) is 14.9 Å². The first-order valence-corrected chi connectivity index (χ1v) is 25.8. The summed E-state index contributed by atoms with van der Waals surface area (Å²) >= 11 is 0. The van der Waals surface area contributed by atoms with E-state index in [-0.39, 0.29) is 66.0 Å². The highest BCUT2D eigenvalue weighted by Gasteiger charge is 2.40. The lowest BCUT2D eigenvalue weighted by Gasteiger charge is -2.37. The smallest absolute Gasteiger partial charge is 0.347 e. The van der Waals surface area contributed by atoms with E-state index >= 15 is 0 Å². The topological polar surface area (TPSA) is 119 Å². The number of hydrogen-bond acceptors (Lipinski definition) is 9. The van der Waals surface area contributed by atoms with Crippen molar-refractivity contribution in [2.75, 3.05) is 0 Å². The Morgan fingerprint density at radius 3 is 1.61 bits per heavy atom. The molecule has 10 nitrogen and oxygen atoms in total. The third kappa shape index (κ3) is 11.5. The van der Waals surface area contributed by atoms with Crippen molar-refractivity contribution in [1.29, 1.82) is 0 Å². The van der Waals surface area contributed by atoms with Gasteiger partial charge in [0.2, 0.25) is 5.88 Å². The molecule has 312 valence electrons. The average Bonchev–Trinajstić information content (AvgIpc) is 3.19. The van der Waals surface area contributed by atoms with Gasteiger partial charge in [-0.1, -0.05) is 133 Å². The zero-order valence-corrected chi connectivity index (χ0v) is 38.1. The Balaban J connectivity index is 1.80. The number of carbonyl (C=O) groups excluding carboxylic acids is 1. The molecule has 0 spiro atoms. The van der Waals surface area contributed by atoms with Crippen molar-refractivity contribution in [2.45, 2.75) is 111 Å². The summed E-state index contributed by atoms with van der Waals surface area (Å²) in [5.74, 6) is -0.484. The molecule has 0 radical (unpaired) electrons. The first-order chi connectivity index (χ1) is 27.8. The van der Waals surface area contributed by atoms with E-state index in [1.54, 1.807) is 12.1 Å². The van der Waals surface area contributed by atoms with E-state index in [0.29, 0.717) is 22.4 Å². The largest absolute Gasteiger partial charge is 0.487 e. The van der Waals surface area contributed by atoms with Crippen LogP contribution in [0.15, 0.2) is 109 Å².